The highest BCUT2D eigenvalue weighted by molar-refractivity contribution is 7.10. The summed E-state index contributed by atoms with van der Waals surface area (Å²) in [5.41, 5.74) is 1.76. The van der Waals surface area contributed by atoms with Crippen molar-refractivity contribution in [2.75, 3.05) is 27.7 Å². The van der Waals surface area contributed by atoms with Gasteiger partial charge in [-0.1, -0.05) is 26.0 Å². The maximum absolute atomic E-state index is 13.9. The Morgan fingerprint density at radius 3 is 2.62 bits per heavy atom. The van der Waals surface area contributed by atoms with E-state index in [1.165, 1.54) is 10.9 Å². The fourth-order valence-corrected chi connectivity index (χ4v) is 3.51. The van der Waals surface area contributed by atoms with Crippen molar-refractivity contribution in [3.8, 4) is 0 Å². The van der Waals surface area contributed by atoms with Gasteiger partial charge in [-0.2, -0.15) is 0 Å². The highest BCUT2D eigenvalue weighted by Crippen LogP contribution is 2.26. The van der Waals surface area contributed by atoms with E-state index >= 15 is 0 Å². The summed E-state index contributed by atoms with van der Waals surface area (Å²) in [6.07, 6.45) is 0. The van der Waals surface area contributed by atoms with Crippen LogP contribution >= 0.6 is 11.3 Å². The molecule has 1 heterocycles. The fourth-order valence-electron chi connectivity index (χ4n) is 2.66. The normalized spacial score (nSPS) is 12.5. The molecule has 2 rings (SSSR count). The Morgan fingerprint density at radius 1 is 1.23 bits per heavy atom. The Kier molecular flexibility index (Phi) is 7.17. The monoisotopic (exact) mass is 376 g/mol. The molecule has 0 spiro atoms. The molecule has 0 radical (unpaired) electrons. The van der Waals surface area contributed by atoms with Crippen LogP contribution in [-0.2, 0) is 18.5 Å². The predicted octanol–water partition coefficient (Wildman–Crippen LogP) is 3.59. The van der Waals surface area contributed by atoms with E-state index in [4.69, 9.17) is 0 Å². The molecule has 0 aliphatic carbocycles. The minimum Gasteiger partial charge on any atom is -0.356 e. The largest absolute Gasteiger partial charge is 0.356 e. The van der Waals surface area contributed by atoms with Crippen molar-refractivity contribution in [1.29, 1.82) is 0 Å². The van der Waals surface area contributed by atoms with E-state index < -0.39 is 0 Å². The van der Waals surface area contributed by atoms with Crippen LogP contribution in [0.3, 0.4) is 0 Å². The minimum absolute atomic E-state index is 0.0283. The van der Waals surface area contributed by atoms with Gasteiger partial charge in [0.25, 0.3) is 0 Å². The van der Waals surface area contributed by atoms with Crippen molar-refractivity contribution in [3.63, 3.8) is 0 Å². The van der Waals surface area contributed by atoms with E-state index in [1.807, 2.05) is 31.1 Å². The number of rotatable bonds is 7. The molecule has 1 aromatic heterocycles. The van der Waals surface area contributed by atoms with Crippen molar-refractivity contribution in [1.82, 2.24) is 15.5 Å². The van der Waals surface area contributed by atoms with Crippen LogP contribution in [0.5, 0.6) is 0 Å². The molecular formula is C20H29FN4S. The maximum atomic E-state index is 13.9. The van der Waals surface area contributed by atoms with Gasteiger partial charge in [0.1, 0.15) is 5.82 Å². The summed E-state index contributed by atoms with van der Waals surface area (Å²) >= 11 is 1.77. The molecule has 0 saturated heterocycles. The van der Waals surface area contributed by atoms with Gasteiger partial charge < -0.3 is 15.5 Å². The molecule has 0 unspecified atom stereocenters. The zero-order chi connectivity index (χ0) is 19.2. The van der Waals surface area contributed by atoms with Crippen molar-refractivity contribution in [2.45, 2.75) is 32.4 Å². The number of hydrogen-bond donors (Lipinski definition) is 2. The lowest BCUT2D eigenvalue weighted by atomic mass is 9.91. The van der Waals surface area contributed by atoms with Gasteiger partial charge in [0.05, 0.1) is 0 Å². The lowest BCUT2D eigenvalue weighted by molar-refractivity contribution is 0.392. The number of aliphatic imine (C=N–C) groups is 1. The van der Waals surface area contributed by atoms with Gasteiger partial charge in [0.2, 0.25) is 0 Å². The average Bonchev–Trinajstić information content (AvgIpc) is 3.13. The molecule has 4 nitrogen and oxygen atoms in total. The number of halogens is 1. The van der Waals surface area contributed by atoms with E-state index in [2.05, 4.69) is 47.0 Å². The number of nitrogens with one attached hydrogen (secondary N) is 2. The number of guanidine groups is 1. The molecule has 0 saturated carbocycles. The van der Waals surface area contributed by atoms with E-state index in [0.29, 0.717) is 18.7 Å². The Morgan fingerprint density at radius 2 is 2.00 bits per heavy atom. The van der Waals surface area contributed by atoms with Crippen LogP contribution < -0.4 is 10.6 Å². The third kappa shape index (κ3) is 5.81. The summed E-state index contributed by atoms with van der Waals surface area (Å²) in [6, 6.07) is 9.49. The molecule has 1 aromatic carbocycles. The molecule has 0 bridgehead atoms. The molecular weight excluding hydrogens is 347 g/mol. The van der Waals surface area contributed by atoms with E-state index in [9.17, 15) is 4.39 Å². The molecule has 6 heteroatoms. The summed E-state index contributed by atoms with van der Waals surface area (Å²) in [6.45, 7) is 6.39. The van der Waals surface area contributed by atoms with Gasteiger partial charge in [-0.3, -0.25) is 4.99 Å². The van der Waals surface area contributed by atoms with Crippen LogP contribution in [0, 0.1) is 5.82 Å². The zero-order valence-corrected chi connectivity index (χ0v) is 17.1. The van der Waals surface area contributed by atoms with Crippen LogP contribution in [-0.4, -0.2) is 38.5 Å². The molecule has 0 aliphatic rings. The fraction of sp³-hybridized carbons (Fsp3) is 0.450. The Hall–Kier alpha value is -1.92. The summed E-state index contributed by atoms with van der Waals surface area (Å²) < 4.78 is 13.9. The topological polar surface area (TPSA) is 39.7 Å². The van der Waals surface area contributed by atoms with Crippen molar-refractivity contribution >= 4 is 17.3 Å². The summed E-state index contributed by atoms with van der Waals surface area (Å²) in [5.74, 6) is 0.579. The molecule has 0 fully saturated rings. The highest BCUT2D eigenvalue weighted by Gasteiger charge is 2.21. The SMILES string of the molecule is CN=C(NCc1ccc(F)c(CN(C)C)c1)NCC(C)(C)c1cccs1. The number of thiophene rings is 1. The number of nitrogens with zero attached hydrogens (tertiary/aromatic N) is 2. The van der Waals surface area contributed by atoms with E-state index in [0.717, 1.165) is 18.1 Å². The van der Waals surface area contributed by atoms with Crippen LogP contribution in [0.4, 0.5) is 4.39 Å². The van der Waals surface area contributed by atoms with Gasteiger partial charge in [0.15, 0.2) is 5.96 Å². The van der Waals surface area contributed by atoms with Gasteiger partial charge in [-0.05, 0) is 43.2 Å². The first-order chi connectivity index (χ1) is 12.3. The van der Waals surface area contributed by atoms with Gasteiger partial charge in [-0.15, -0.1) is 11.3 Å². The first kappa shape index (κ1) is 20.4. The predicted molar refractivity (Wildman–Crippen MR) is 109 cm³/mol. The van der Waals surface area contributed by atoms with Gasteiger partial charge >= 0.3 is 0 Å². The molecule has 0 atom stereocenters. The molecule has 2 N–H and O–H groups in total. The molecule has 26 heavy (non-hydrogen) atoms. The van der Waals surface area contributed by atoms with Crippen LogP contribution in [0.1, 0.15) is 29.9 Å². The second-order valence-electron chi connectivity index (χ2n) is 7.30. The maximum Gasteiger partial charge on any atom is 0.191 e. The van der Waals surface area contributed by atoms with Crippen molar-refractivity contribution in [2.24, 2.45) is 4.99 Å². The van der Waals surface area contributed by atoms with Crippen LogP contribution in [0.25, 0.3) is 0 Å². The third-order valence-electron chi connectivity index (χ3n) is 4.17. The van der Waals surface area contributed by atoms with Crippen LogP contribution in [0.15, 0.2) is 40.7 Å². The molecule has 142 valence electrons. The smallest absolute Gasteiger partial charge is 0.191 e. The standard InChI is InChI=1S/C20H29FN4S/c1-20(2,18-7-6-10-26-18)14-24-19(22-3)23-12-15-8-9-17(21)16(11-15)13-25(4)5/h6-11H,12-14H2,1-5H3,(H2,22,23,24). The Labute approximate surface area is 160 Å². The minimum atomic E-state index is -0.164. The quantitative estimate of drug-likeness (QED) is 0.573. The zero-order valence-electron chi connectivity index (χ0n) is 16.3. The summed E-state index contributed by atoms with van der Waals surface area (Å²) in [5, 5.41) is 8.80. The Balaban J connectivity index is 1.93. The average molecular weight is 377 g/mol. The Bertz CT molecular complexity index is 723. The van der Waals surface area contributed by atoms with Gasteiger partial charge in [0, 0.05) is 42.5 Å². The molecule has 0 aliphatic heterocycles. The lowest BCUT2D eigenvalue weighted by Gasteiger charge is -2.25. The van der Waals surface area contributed by atoms with E-state index in [1.54, 1.807) is 18.4 Å². The lowest BCUT2D eigenvalue weighted by Crippen LogP contribution is -2.42. The highest BCUT2D eigenvalue weighted by atomic mass is 32.1. The van der Waals surface area contributed by atoms with Crippen LogP contribution in [0.2, 0.25) is 0 Å². The number of hydrogen-bond acceptors (Lipinski definition) is 3. The summed E-state index contributed by atoms with van der Waals surface area (Å²) in [4.78, 5) is 7.59. The van der Waals surface area contributed by atoms with Crippen molar-refractivity contribution < 1.29 is 4.39 Å². The van der Waals surface area contributed by atoms with Crippen molar-refractivity contribution in [3.05, 3.63) is 57.5 Å². The first-order valence-electron chi connectivity index (χ1n) is 8.72. The molecule has 0 amide bonds. The number of benzene rings is 1. The molecule has 2 aromatic rings. The summed E-state index contributed by atoms with van der Waals surface area (Å²) in [7, 11) is 5.63. The van der Waals surface area contributed by atoms with E-state index in [-0.39, 0.29) is 11.2 Å². The third-order valence-corrected chi connectivity index (χ3v) is 5.40. The second kappa shape index (κ2) is 9.14. The van der Waals surface area contributed by atoms with Gasteiger partial charge in [-0.25, -0.2) is 4.39 Å². The second-order valence-corrected chi connectivity index (χ2v) is 8.25. The first-order valence-corrected chi connectivity index (χ1v) is 9.60.